The van der Waals surface area contributed by atoms with Crippen molar-refractivity contribution in [2.75, 3.05) is 52.4 Å². The summed E-state index contributed by atoms with van der Waals surface area (Å²) >= 11 is 0. The van der Waals surface area contributed by atoms with E-state index >= 15 is 0 Å². The molecule has 0 bridgehead atoms. The van der Waals surface area contributed by atoms with Gasteiger partial charge in [0, 0.05) is 17.3 Å². The maximum Gasteiger partial charge on any atom is 0.252 e. The standard InChI is InChI=1S/C27H40N6O.ClH/c28-14-7-17-29-15-5-6-16-30-18-8-19-31-20-9-21-32-27(34)26-22-10-1-3-12-24(22)33-25-13-4-2-11-23(25)26;/h1-4,10-13,29-31H,5-9,14-21,28H2,(H,32,34);1H. The van der Waals surface area contributed by atoms with Crippen molar-refractivity contribution >= 4 is 40.1 Å². The minimum Gasteiger partial charge on any atom is -0.352 e. The van der Waals surface area contributed by atoms with Crippen LogP contribution >= 0.6 is 12.4 Å². The number of unbranched alkanes of at least 4 members (excludes halogenated alkanes) is 1. The van der Waals surface area contributed by atoms with Gasteiger partial charge in [-0.3, -0.25) is 4.79 Å². The molecular weight excluding hydrogens is 460 g/mol. The van der Waals surface area contributed by atoms with Crippen LogP contribution in [0.4, 0.5) is 0 Å². The van der Waals surface area contributed by atoms with E-state index in [-0.39, 0.29) is 18.3 Å². The predicted molar refractivity (Wildman–Crippen MR) is 150 cm³/mol. The number of carbonyl (C=O) groups is 1. The van der Waals surface area contributed by atoms with Crippen LogP contribution in [0.2, 0.25) is 0 Å². The Morgan fingerprint density at radius 3 is 1.66 bits per heavy atom. The SMILES string of the molecule is Cl.NCCCNCCCCNCCCNCCCNC(=O)c1c2ccccc2nc2ccccc12. The average molecular weight is 501 g/mol. The molecule has 0 unspecified atom stereocenters. The Labute approximate surface area is 215 Å². The number of hydrogen-bond acceptors (Lipinski definition) is 6. The van der Waals surface area contributed by atoms with E-state index < -0.39 is 0 Å². The molecule has 3 rings (SSSR count). The fourth-order valence-electron chi connectivity index (χ4n) is 4.03. The third kappa shape index (κ3) is 9.70. The first-order chi connectivity index (χ1) is 16.8. The summed E-state index contributed by atoms with van der Waals surface area (Å²) in [5.41, 5.74) is 7.89. The van der Waals surface area contributed by atoms with Crippen LogP contribution in [0.25, 0.3) is 21.8 Å². The van der Waals surface area contributed by atoms with Gasteiger partial charge in [-0.05, 0) is 90.1 Å². The Morgan fingerprint density at radius 2 is 1.11 bits per heavy atom. The fraction of sp³-hybridized carbons (Fsp3) is 0.481. The van der Waals surface area contributed by atoms with Crippen LogP contribution in [0.15, 0.2) is 48.5 Å². The quantitative estimate of drug-likeness (QED) is 0.144. The Balaban J connectivity index is 0.00000432. The lowest BCUT2D eigenvalue weighted by atomic mass is 10.0. The zero-order valence-electron chi connectivity index (χ0n) is 20.7. The molecule has 0 atom stereocenters. The molecule has 0 aliphatic rings. The normalized spacial score (nSPS) is 11.0. The first-order valence-electron chi connectivity index (χ1n) is 12.7. The van der Waals surface area contributed by atoms with E-state index in [0.717, 1.165) is 86.9 Å². The van der Waals surface area contributed by atoms with E-state index in [1.165, 1.54) is 12.8 Å². The molecule has 0 fully saturated rings. The molecular formula is C27H41ClN6O. The molecule has 1 amide bonds. The molecule has 7 nitrogen and oxygen atoms in total. The highest BCUT2D eigenvalue weighted by Crippen LogP contribution is 2.25. The molecule has 1 heterocycles. The van der Waals surface area contributed by atoms with Gasteiger partial charge >= 0.3 is 0 Å². The summed E-state index contributed by atoms with van der Waals surface area (Å²) in [7, 11) is 0. The molecule has 35 heavy (non-hydrogen) atoms. The van der Waals surface area contributed by atoms with Crippen molar-refractivity contribution in [1.82, 2.24) is 26.3 Å². The van der Waals surface area contributed by atoms with Crippen LogP contribution in [0.5, 0.6) is 0 Å². The van der Waals surface area contributed by atoms with E-state index in [0.29, 0.717) is 12.1 Å². The molecule has 2 aromatic carbocycles. The number of nitrogens with zero attached hydrogens (tertiary/aromatic N) is 1. The zero-order valence-corrected chi connectivity index (χ0v) is 21.5. The number of fused-ring (bicyclic) bond motifs is 2. The van der Waals surface area contributed by atoms with E-state index in [9.17, 15) is 4.79 Å². The lowest BCUT2D eigenvalue weighted by molar-refractivity contribution is 0.0956. The van der Waals surface area contributed by atoms with Crippen LogP contribution in [0, 0.1) is 0 Å². The summed E-state index contributed by atoms with van der Waals surface area (Å²) in [6.45, 7) is 7.50. The van der Waals surface area contributed by atoms with Gasteiger partial charge in [0.2, 0.25) is 0 Å². The second-order valence-electron chi connectivity index (χ2n) is 8.58. The van der Waals surface area contributed by atoms with Crippen molar-refractivity contribution in [1.29, 1.82) is 0 Å². The minimum atomic E-state index is -0.0337. The van der Waals surface area contributed by atoms with E-state index in [1.807, 2.05) is 48.5 Å². The van der Waals surface area contributed by atoms with E-state index in [4.69, 9.17) is 10.7 Å². The van der Waals surface area contributed by atoms with Crippen molar-refractivity contribution in [2.24, 2.45) is 5.73 Å². The second-order valence-corrected chi connectivity index (χ2v) is 8.58. The van der Waals surface area contributed by atoms with Crippen LogP contribution in [-0.4, -0.2) is 63.2 Å². The van der Waals surface area contributed by atoms with Gasteiger partial charge in [0.1, 0.15) is 0 Å². The third-order valence-electron chi connectivity index (χ3n) is 5.85. The van der Waals surface area contributed by atoms with Gasteiger partial charge in [-0.2, -0.15) is 0 Å². The summed E-state index contributed by atoms with van der Waals surface area (Å²) < 4.78 is 0. The van der Waals surface area contributed by atoms with Crippen molar-refractivity contribution in [3.8, 4) is 0 Å². The summed E-state index contributed by atoms with van der Waals surface area (Å²) in [6.07, 6.45) is 5.46. The number of amides is 1. The van der Waals surface area contributed by atoms with Gasteiger partial charge in [-0.25, -0.2) is 4.98 Å². The molecule has 0 spiro atoms. The van der Waals surface area contributed by atoms with Crippen LogP contribution in [-0.2, 0) is 0 Å². The molecule has 0 aliphatic carbocycles. The molecule has 1 aromatic heterocycles. The Bertz CT molecular complexity index is 961. The summed E-state index contributed by atoms with van der Waals surface area (Å²) in [5, 5.41) is 15.3. The molecule has 6 N–H and O–H groups in total. The van der Waals surface area contributed by atoms with Gasteiger partial charge in [-0.1, -0.05) is 36.4 Å². The van der Waals surface area contributed by atoms with Gasteiger partial charge in [-0.15, -0.1) is 12.4 Å². The topological polar surface area (TPSA) is 104 Å². The maximum absolute atomic E-state index is 13.0. The number of carbonyl (C=O) groups excluding carboxylic acids is 1. The van der Waals surface area contributed by atoms with Crippen LogP contribution < -0.4 is 27.0 Å². The Kier molecular flexibility index (Phi) is 14.2. The number of nitrogens with two attached hydrogens (primary N) is 1. The second kappa shape index (κ2) is 17.2. The summed E-state index contributed by atoms with van der Waals surface area (Å²) in [4.78, 5) is 17.7. The Hall–Kier alpha value is -2.29. The molecule has 0 radical (unpaired) electrons. The number of pyridine rings is 1. The largest absolute Gasteiger partial charge is 0.352 e. The first-order valence-corrected chi connectivity index (χ1v) is 12.7. The van der Waals surface area contributed by atoms with Gasteiger partial charge in [0.05, 0.1) is 16.6 Å². The van der Waals surface area contributed by atoms with Crippen LogP contribution in [0.3, 0.4) is 0 Å². The van der Waals surface area contributed by atoms with E-state index in [1.54, 1.807) is 0 Å². The number of benzene rings is 2. The van der Waals surface area contributed by atoms with Gasteiger partial charge in [0.15, 0.2) is 0 Å². The number of aromatic nitrogens is 1. The molecule has 3 aromatic rings. The van der Waals surface area contributed by atoms with Gasteiger partial charge in [0.25, 0.3) is 5.91 Å². The number of rotatable bonds is 17. The molecule has 0 aliphatic heterocycles. The highest BCUT2D eigenvalue weighted by Gasteiger charge is 2.15. The van der Waals surface area contributed by atoms with Crippen molar-refractivity contribution in [2.45, 2.75) is 32.1 Å². The third-order valence-corrected chi connectivity index (χ3v) is 5.85. The monoisotopic (exact) mass is 500 g/mol. The molecule has 0 saturated carbocycles. The zero-order chi connectivity index (χ0) is 23.8. The molecule has 192 valence electrons. The lowest BCUT2D eigenvalue weighted by Crippen LogP contribution is -2.29. The lowest BCUT2D eigenvalue weighted by Gasteiger charge is -2.11. The maximum atomic E-state index is 13.0. The van der Waals surface area contributed by atoms with Crippen molar-refractivity contribution < 1.29 is 4.79 Å². The number of para-hydroxylation sites is 2. The number of halogens is 1. The van der Waals surface area contributed by atoms with Crippen molar-refractivity contribution in [3.63, 3.8) is 0 Å². The molecule has 8 heteroatoms. The minimum absolute atomic E-state index is 0. The molecule has 0 saturated heterocycles. The average Bonchev–Trinajstić information content (AvgIpc) is 2.86. The summed E-state index contributed by atoms with van der Waals surface area (Å²) in [6, 6.07) is 15.7. The van der Waals surface area contributed by atoms with Crippen molar-refractivity contribution in [3.05, 3.63) is 54.1 Å². The number of hydrogen-bond donors (Lipinski definition) is 5. The highest BCUT2D eigenvalue weighted by molar-refractivity contribution is 6.16. The smallest absolute Gasteiger partial charge is 0.252 e. The van der Waals surface area contributed by atoms with Gasteiger partial charge < -0.3 is 27.0 Å². The Morgan fingerprint density at radius 1 is 0.657 bits per heavy atom. The van der Waals surface area contributed by atoms with E-state index in [2.05, 4.69) is 21.3 Å². The van der Waals surface area contributed by atoms with Crippen LogP contribution in [0.1, 0.15) is 42.5 Å². The summed E-state index contributed by atoms with van der Waals surface area (Å²) in [5.74, 6) is -0.0337. The first kappa shape index (κ1) is 28.9. The number of nitrogens with one attached hydrogen (secondary N) is 4. The fourth-order valence-corrected chi connectivity index (χ4v) is 4.03. The predicted octanol–water partition coefficient (Wildman–Crippen LogP) is 3.22. The highest BCUT2D eigenvalue weighted by atomic mass is 35.5.